The van der Waals surface area contributed by atoms with Gasteiger partial charge in [-0.3, -0.25) is 0 Å². The molecule has 0 amide bonds. The van der Waals surface area contributed by atoms with E-state index in [9.17, 15) is 0 Å². The smallest absolute Gasteiger partial charge is 0.190 e. The van der Waals surface area contributed by atoms with Gasteiger partial charge < -0.3 is 9.30 Å². The summed E-state index contributed by atoms with van der Waals surface area (Å²) in [5.41, 5.74) is 2.32. The lowest BCUT2D eigenvalue weighted by Crippen LogP contribution is -2.32. The van der Waals surface area contributed by atoms with Gasteiger partial charge in [0.05, 0.1) is 12.3 Å². The third kappa shape index (κ3) is 3.59. The summed E-state index contributed by atoms with van der Waals surface area (Å²) in [6, 6.07) is 8.65. The van der Waals surface area contributed by atoms with Crippen LogP contribution in [0.3, 0.4) is 0 Å². The molecule has 0 aliphatic heterocycles. The molecule has 24 heavy (non-hydrogen) atoms. The van der Waals surface area contributed by atoms with E-state index in [1.165, 1.54) is 25.0 Å². The van der Waals surface area contributed by atoms with Crippen molar-refractivity contribution in [3.63, 3.8) is 0 Å². The van der Waals surface area contributed by atoms with Crippen LogP contribution in [-0.4, -0.2) is 11.2 Å². The van der Waals surface area contributed by atoms with Gasteiger partial charge in [-0.2, -0.15) is 0 Å². The summed E-state index contributed by atoms with van der Waals surface area (Å²) < 4.78 is 7.99. The average molecular weight is 345 g/mol. The van der Waals surface area contributed by atoms with Gasteiger partial charge in [-0.25, -0.2) is 4.99 Å². The molecule has 1 saturated carbocycles. The molecule has 1 aliphatic rings. The summed E-state index contributed by atoms with van der Waals surface area (Å²) in [5, 5.41) is 2.24. The lowest BCUT2D eigenvalue weighted by atomic mass is 9.78. The molecular formula is C20H28N2OS. The minimum absolute atomic E-state index is 0.571. The Hall–Kier alpha value is -1.55. The minimum atomic E-state index is 0.571. The van der Waals surface area contributed by atoms with Crippen LogP contribution in [0.25, 0.3) is 0 Å². The van der Waals surface area contributed by atoms with Gasteiger partial charge in [-0.05, 0) is 56.4 Å². The molecule has 1 aromatic carbocycles. The number of aromatic nitrogens is 1. The molecular weight excluding hydrogens is 316 g/mol. The molecule has 0 saturated heterocycles. The van der Waals surface area contributed by atoms with Crippen molar-refractivity contribution in [2.24, 2.45) is 16.8 Å². The second-order valence-corrected chi connectivity index (χ2v) is 7.74. The van der Waals surface area contributed by atoms with Crippen LogP contribution >= 0.6 is 11.3 Å². The van der Waals surface area contributed by atoms with Crippen molar-refractivity contribution in [3.8, 4) is 5.75 Å². The summed E-state index contributed by atoms with van der Waals surface area (Å²) in [7, 11) is 0. The Balaban J connectivity index is 1.94. The molecule has 0 N–H and O–H groups in total. The number of ether oxygens (including phenoxy) is 1. The van der Waals surface area contributed by atoms with E-state index in [-0.39, 0.29) is 0 Å². The molecule has 3 unspecified atom stereocenters. The first-order chi connectivity index (χ1) is 11.6. The summed E-state index contributed by atoms with van der Waals surface area (Å²) in [4.78, 5) is 6.04. The predicted molar refractivity (Wildman–Crippen MR) is 101 cm³/mol. The molecule has 0 bridgehead atoms. The number of rotatable bonds is 4. The van der Waals surface area contributed by atoms with Crippen molar-refractivity contribution < 1.29 is 4.74 Å². The second kappa shape index (κ2) is 7.56. The van der Waals surface area contributed by atoms with Crippen LogP contribution in [0.1, 0.15) is 51.8 Å². The molecule has 4 heteroatoms. The van der Waals surface area contributed by atoms with Gasteiger partial charge >= 0.3 is 0 Å². The quantitative estimate of drug-likeness (QED) is 0.720. The molecule has 0 radical (unpaired) electrons. The zero-order chi connectivity index (χ0) is 17.1. The van der Waals surface area contributed by atoms with Crippen molar-refractivity contribution in [3.05, 3.63) is 40.1 Å². The minimum Gasteiger partial charge on any atom is -0.494 e. The normalized spacial score (nSPS) is 25.0. The summed E-state index contributed by atoms with van der Waals surface area (Å²) >= 11 is 1.75. The predicted octanol–water partition coefficient (Wildman–Crippen LogP) is 5.49. The monoisotopic (exact) mass is 344 g/mol. The number of aryl methyl sites for hydroxylation is 1. The lowest BCUT2D eigenvalue weighted by molar-refractivity contribution is 0.182. The number of nitrogens with zero attached hydrogens (tertiary/aromatic N) is 2. The first-order valence-electron chi connectivity index (χ1n) is 9.04. The molecule has 1 aliphatic carbocycles. The highest BCUT2D eigenvalue weighted by molar-refractivity contribution is 7.07. The van der Waals surface area contributed by atoms with Gasteiger partial charge in [0.15, 0.2) is 4.80 Å². The van der Waals surface area contributed by atoms with E-state index in [2.05, 4.69) is 30.7 Å². The maximum Gasteiger partial charge on any atom is 0.190 e. The first-order valence-corrected chi connectivity index (χ1v) is 9.92. The standard InChI is InChI=1S/C20H28N2OS/c1-5-23-18-11-9-17(10-12-18)21-20-22(15(3)13-24-20)19-8-6-7-14(2)16(19)4/h9-14,16,19H,5-8H2,1-4H3. The number of thiazole rings is 1. The van der Waals surface area contributed by atoms with Gasteiger partial charge in [0, 0.05) is 17.1 Å². The topological polar surface area (TPSA) is 26.5 Å². The van der Waals surface area contributed by atoms with E-state index < -0.39 is 0 Å². The third-order valence-corrected chi connectivity index (χ3v) is 6.25. The third-order valence-electron chi connectivity index (χ3n) is 5.29. The van der Waals surface area contributed by atoms with E-state index in [1.807, 2.05) is 31.2 Å². The van der Waals surface area contributed by atoms with Crippen LogP contribution in [-0.2, 0) is 0 Å². The van der Waals surface area contributed by atoms with Gasteiger partial charge in [0.1, 0.15) is 5.75 Å². The Morgan fingerprint density at radius 2 is 1.96 bits per heavy atom. The Bertz CT molecular complexity index is 729. The fourth-order valence-electron chi connectivity index (χ4n) is 3.70. The van der Waals surface area contributed by atoms with Gasteiger partial charge in [-0.15, -0.1) is 11.3 Å². The van der Waals surface area contributed by atoms with Crippen LogP contribution in [0, 0.1) is 18.8 Å². The van der Waals surface area contributed by atoms with Crippen LogP contribution < -0.4 is 9.54 Å². The van der Waals surface area contributed by atoms with Crippen LogP contribution in [0.4, 0.5) is 5.69 Å². The van der Waals surface area contributed by atoms with Crippen molar-refractivity contribution in [1.82, 2.24) is 4.57 Å². The Morgan fingerprint density at radius 3 is 2.67 bits per heavy atom. The van der Waals surface area contributed by atoms with E-state index in [4.69, 9.17) is 9.73 Å². The molecule has 3 nitrogen and oxygen atoms in total. The SMILES string of the molecule is CCOc1ccc(N=c2scc(C)n2C2CCCC(C)C2C)cc1. The molecule has 130 valence electrons. The fourth-order valence-corrected chi connectivity index (χ4v) is 4.64. The summed E-state index contributed by atoms with van der Waals surface area (Å²) in [6.07, 6.45) is 3.94. The molecule has 3 atom stereocenters. The largest absolute Gasteiger partial charge is 0.494 e. The summed E-state index contributed by atoms with van der Waals surface area (Å²) in [5.74, 6) is 2.39. The summed E-state index contributed by atoms with van der Waals surface area (Å²) in [6.45, 7) is 9.70. The molecule has 2 aromatic rings. The Morgan fingerprint density at radius 1 is 1.21 bits per heavy atom. The maximum absolute atomic E-state index is 5.52. The molecule has 3 rings (SSSR count). The number of hydrogen-bond donors (Lipinski definition) is 0. The number of benzene rings is 1. The highest BCUT2D eigenvalue weighted by Crippen LogP contribution is 2.37. The van der Waals surface area contributed by atoms with E-state index >= 15 is 0 Å². The zero-order valence-corrected chi connectivity index (χ0v) is 16.0. The average Bonchev–Trinajstić information content (AvgIpc) is 2.93. The molecule has 0 spiro atoms. The fraction of sp³-hybridized carbons (Fsp3) is 0.550. The first kappa shape index (κ1) is 17.3. The second-order valence-electron chi connectivity index (χ2n) is 6.90. The highest BCUT2D eigenvalue weighted by atomic mass is 32.1. The van der Waals surface area contributed by atoms with Crippen molar-refractivity contribution in [2.75, 3.05) is 6.61 Å². The van der Waals surface area contributed by atoms with Crippen molar-refractivity contribution in [2.45, 2.75) is 53.0 Å². The van der Waals surface area contributed by atoms with E-state index in [0.717, 1.165) is 22.2 Å². The Kier molecular flexibility index (Phi) is 5.44. The molecule has 1 heterocycles. The lowest BCUT2D eigenvalue weighted by Gasteiger charge is -2.35. The van der Waals surface area contributed by atoms with Gasteiger partial charge in [0.25, 0.3) is 0 Å². The van der Waals surface area contributed by atoms with Gasteiger partial charge in [-0.1, -0.05) is 26.7 Å². The van der Waals surface area contributed by atoms with E-state index in [1.54, 1.807) is 11.3 Å². The molecule has 1 aromatic heterocycles. The van der Waals surface area contributed by atoms with Gasteiger partial charge in [0.2, 0.25) is 0 Å². The zero-order valence-electron chi connectivity index (χ0n) is 15.2. The van der Waals surface area contributed by atoms with E-state index in [0.29, 0.717) is 18.6 Å². The van der Waals surface area contributed by atoms with Crippen LogP contribution in [0.15, 0.2) is 34.6 Å². The van der Waals surface area contributed by atoms with Crippen molar-refractivity contribution >= 4 is 17.0 Å². The maximum atomic E-state index is 5.52. The van der Waals surface area contributed by atoms with Crippen molar-refractivity contribution in [1.29, 1.82) is 0 Å². The Labute approximate surface area is 149 Å². The van der Waals surface area contributed by atoms with Crippen LogP contribution in [0.5, 0.6) is 5.75 Å². The number of hydrogen-bond acceptors (Lipinski definition) is 3. The molecule has 1 fully saturated rings. The highest BCUT2D eigenvalue weighted by Gasteiger charge is 2.29. The van der Waals surface area contributed by atoms with Crippen LogP contribution in [0.2, 0.25) is 0 Å².